The normalized spacial score (nSPS) is 17.4. The van der Waals surface area contributed by atoms with Crippen LogP contribution in [-0.4, -0.2) is 24.3 Å². The van der Waals surface area contributed by atoms with Gasteiger partial charge >= 0.3 is 6.03 Å². The molecule has 3 N–H and O–H groups in total. The largest absolute Gasteiger partial charge is 0.396 e. The summed E-state index contributed by atoms with van der Waals surface area (Å²) in [5.74, 6) is 0. The van der Waals surface area contributed by atoms with Crippen molar-refractivity contribution in [1.82, 2.24) is 10.6 Å². The molecule has 21 heavy (non-hydrogen) atoms. The van der Waals surface area contributed by atoms with Crippen molar-refractivity contribution in [1.29, 1.82) is 0 Å². The highest BCUT2D eigenvalue weighted by molar-refractivity contribution is 6.31. The van der Waals surface area contributed by atoms with Gasteiger partial charge in [-0.05, 0) is 41.9 Å². The highest BCUT2D eigenvalue weighted by Crippen LogP contribution is 2.35. The zero-order valence-corrected chi connectivity index (χ0v) is 13.3. The minimum absolute atomic E-state index is 0.0275. The van der Waals surface area contributed by atoms with E-state index in [1.807, 2.05) is 32.0 Å². The Morgan fingerprint density at radius 1 is 1.48 bits per heavy atom. The molecule has 2 amide bonds. The molecule has 0 saturated carbocycles. The Labute approximate surface area is 130 Å². The van der Waals surface area contributed by atoms with Gasteiger partial charge in [0, 0.05) is 18.2 Å². The molecule has 1 atom stereocenters. The third-order valence-corrected chi connectivity index (χ3v) is 4.39. The van der Waals surface area contributed by atoms with Crippen molar-refractivity contribution in [2.45, 2.75) is 39.2 Å². The Morgan fingerprint density at radius 3 is 2.95 bits per heavy atom. The fourth-order valence-corrected chi connectivity index (χ4v) is 2.96. The molecular weight excluding hydrogens is 288 g/mol. The molecule has 0 saturated heterocycles. The van der Waals surface area contributed by atoms with E-state index in [2.05, 4.69) is 10.6 Å². The third-order valence-electron chi connectivity index (χ3n) is 4.03. The van der Waals surface area contributed by atoms with E-state index >= 15 is 0 Å². The number of aliphatic hydroxyl groups excluding tert-OH is 1. The van der Waals surface area contributed by atoms with Crippen LogP contribution in [0.3, 0.4) is 0 Å². The summed E-state index contributed by atoms with van der Waals surface area (Å²) < 4.78 is 0. The molecule has 2 rings (SSSR count). The minimum Gasteiger partial charge on any atom is -0.396 e. The van der Waals surface area contributed by atoms with E-state index in [1.54, 1.807) is 0 Å². The lowest BCUT2D eigenvalue weighted by Gasteiger charge is -2.24. The molecule has 116 valence electrons. The second-order valence-corrected chi connectivity index (χ2v) is 6.77. The zero-order valence-electron chi connectivity index (χ0n) is 12.6. The van der Waals surface area contributed by atoms with Gasteiger partial charge in [0.05, 0.1) is 6.04 Å². The molecule has 0 fully saturated rings. The van der Waals surface area contributed by atoms with Gasteiger partial charge in [-0.1, -0.05) is 37.6 Å². The second kappa shape index (κ2) is 6.67. The molecule has 0 radical (unpaired) electrons. The zero-order chi connectivity index (χ0) is 15.5. The number of hydrogen-bond acceptors (Lipinski definition) is 2. The Morgan fingerprint density at radius 2 is 2.24 bits per heavy atom. The van der Waals surface area contributed by atoms with Gasteiger partial charge in [-0.25, -0.2) is 4.79 Å². The van der Waals surface area contributed by atoms with Crippen LogP contribution in [0.15, 0.2) is 18.2 Å². The number of benzene rings is 1. The molecule has 5 heteroatoms. The van der Waals surface area contributed by atoms with E-state index in [-0.39, 0.29) is 24.1 Å². The van der Waals surface area contributed by atoms with Gasteiger partial charge in [0.2, 0.25) is 0 Å². The maximum Gasteiger partial charge on any atom is 0.315 e. The summed E-state index contributed by atoms with van der Waals surface area (Å²) in [4.78, 5) is 12.0. The molecule has 0 bridgehead atoms. The number of nitrogens with one attached hydrogen (secondary N) is 2. The number of urea groups is 1. The van der Waals surface area contributed by atoms with Crippen molar-refractivity contribution < 1.29 is 9.90 Å². The maximum absolute atomic E-state index is 12.0. The first-order valence-corrected chi connectivity index (χ1v) is 7.73. The summed E-state index contributed by atoms with van der Waals surface area (Å²) in [5.41, 5.74) is 2.15. The Bertz CT molecular complexity index is 517. The van der Waals surface area contributed by atoms with Crippen LogP contribution in [0, 0.1) is 5.41 Å². The van der Waals surface area contributed by atoms with Gasteiger partial charge in [-0.15, -0.1) is 0 Å². The monoisotopic (exact) mass is 310 g/mol. The molecule has 1 aliphatic carbocycles. The number of amides is 2. The molecule has 0 aromatic heterocycles. The lowest BCUT2D eigenvalue weighted by Crippen LogP contribution is -2.42. The van der Waals surface area contributed by atoms with E-state index in [1.165, 1.54) is 0 Å². The molecule has 1 aromatic rings. The van der Waals surface area contributed by atoms with E-state index < -0.39 is 0 Å². The first kappa shape index (κ1) is 16.1. The van der Waals surface area contributed by atoms with Crippen LogP contribution >= 0.6 is 11.6 Å². The van der Waals surface area contributed by atoms with Crippen LogP contribution < -0.4 is 10.6 Å². The van der Waals surface area contributed by atoms with Gasteiger partial charge in [0.15, 0.2) is 0 Å². The number of carbonyl (C=O) groups is 1. The Hall–Kier alpha value is -1.26. The summed E-state index contributed by atoms with van der Waals surface area (Å²) in [5, 5.41) is 15.7. The summed E-state index contributed by atoms with van der Waals surface area (Å²) >= 11 is 6.18. The van der Waals surface area contributed by atoms with Crippen molar-refractivity contribution in [2.75, 3.05) is 13.2 Å². The topological polar surface area (TPSA) is 61.4 Å². The van der Waals surface area contributed by atoms with Gasteiger partial charge in [0.1, 0.15) is 0 Å². The highest BCUT2D eigenvalue weighted by atomic mass is 35.5. The van der Waals surface area contributed by atoms with Crippen molar-refractivity contribution in [3.63, 3.8) is 0 Å². The summed E-state index contributed by atoms with van der Waals surface area (Å²) in [6.45, 7) is 4.71. The van der Waals surface area contributed by atoms with Crippen LogP contribution in [0.4, 0.5) is 4.79 Å². The first-order valence-electron chi connectivity index (χ1n) is 7.35. The molecule has 0 aliphatic heterocycles. The number of rotatable bonds is 5. The van der Waals surface area contributed by atoms with Crippen molar-refractivity contribution in [3.05, 3.63) is 34.3 Å². The fourth-order valence-electron chi connectivity index (χ4n) is 2.68. The standard InChI is InChI=1S/C16H23ClN2O2/c1-16(2,8-9-20)10-18-15(21)19-14-7-6-11-12(14)4-3-5-13(11)17/h3-5,14,20H,6-10H2,1-2H3,(H2,18,19,21). The van der Waals surface area contributed by atoms with Crippen LogP contribution in [0.25, 0.3) is 0 Å². The van der Waals surface area contributed by atoms with Crippen LogP contribution in [0.2, 0.25) is 5.02 Å². The summed E-state index contributed by atoms with van der Waals surface area (Å²) in [6, 6.07) is 5.69. The average molecular weight is 311 g/mol. The Balaban J connectivity index is 1.90. The number of halogens is 1. The molecule has 1 unspecified atom stereocenters. The number of carbonyl (C=O) groups excluding carboxylic acids is 1. The van der Waals surface area contributed by atoms with Gasteiger partial charge < -0.3 is 15.7 Å². The van der Waals surface area contributed by atoms with E-state index in [9.17, 15) is 4.79 Å². The molecule has 1 aliphatic rings. The lowest BCUT2D eigenvalue weighted by atomic mass is 9.90. The number of fused-ring (bicyclic) bond motifs is 1. The second-order valence-electron chi connectivity index (χ2n) is 6.36. The number of aliphatic hydroxyl groups is 1. The third kappa shape index (κ3) is 4.11. The smallest absolute Gasteiger partial charge is 0.315 e. The average Bonchev–Trinajstić information content (AvgIpc) is 2.81. The fraction of sp³-hybridized carbons (Fsp3) is 0.562. The van der Waals surface area contributed by atoms with Crippen LogP contribution in [0.5, 0.6) is 0 Å². The van der Waals surface area contributed by atoms with Crippen LogP contribution in [-0.2, 0) is 6.42 Å². The summed E-state index contributed by atoms with van der Waals surface area (Å²) in [6.07, 6.45) is 2.44. The Kier molecular flexibility index (Phi) is 5.12. The lowest BCUT2D eigenvalue weighted by molar-refractivity contribution is 0.200. The van der Waals surface area contributed by atoms with E-state index in [4.69, 9.17) is 16.7 Å². The quantitative estimate of drug-likeness (QED) is 0.783. The van der Waals surface area contributed by atoms with Crippen molar-refractivity contribution >= 4 is 17.6 Å². The minimum atomic E-state index is -0.168. The number of hydrogen-bond donors (Lipinski definition) is 3. The maximum atomic E-state index is 12.0. The van der Waals surface area contributed by atoms with Crippen molar-refractivity contribution in [2.24, 2.45) is 5.41 Å². The predicted octanol–water partition coefficient (Wildman–Crippen LogP) is 3.04. The molecular formula is C16H23ClN2O2. The highest BCUT2D eigenvalue weighted by Gasteiger charge is 2.26. The van der Waals surface area contributed by atoms with Gasteiger partial charge in [-0.3, -0.25) is 0 Å². The van der Waals surface area contributed by atoms with E-state index in [0.717, 1.165) is 29.0 Å². The SMILES string of the molecule is CC(C)(CCO)CNC(=O)NC1CCc2c(Cl)cccc21. The molecule has 4 nitrogen and oxygen atoms in total. The van der Waals surface area contributed by atoms with Crippen LogP contribution in [0.1, 0.15) is 43.9 Å². The molecule has 0 heterocycles. The molecule has 0 spiro atoms. The molecule has 1 aromatic carbocycles. The van der Waals surface area contributed by atoms with Crippen molar-refractivity contribution in [3.8, 4) is 0 Å². The van der Waals surface area contributed by atoms with Gasteiger partial charge in [-0.2, -0.15) is 0 Å². The predicted molar refractivity (Wildman–Crippen MR) is 84.5 cm³/mol. The van der Waals surface area contributed by atoms with Gasteiger partial charge in [0.25, 0.3) is 0 Å². The first-order chi connectivity index (χ1) is 9.93. The summed E-state index contributed by atoms with van der Waals surface area (Å²) in [7, 11) is 0. The van der Waals surface area contributed by atoms with E-state index in [0.29, 0.717) is 13.0 Å².